The molecule has 12 heavy (non-hydrogen) atoms. The van der Waals surface area contributed by atoms with Gasteiger partial charge in [-0.25, -0.2) is 0 Å². The number of unbranched alkanes of at least 4 members (excludes halogenated alkanes) is 1. The van der Waals surface area contributed by atoms with E-state index in [2.05, 4.69) is 6.92 Å². The van der Waals surface area contributed by atoms with Gasteiger partial charge in [-0.05, 0) is 19.3 Å². The second-order valence-electron chi connectivity index (χ2n) is 3.74. The summed E-state index contributed by atoms with van der Waals surface area (Å²) in [6, 6.07) is 0. The minimum Gasteiger partial charge on any atom is -0.346 e. The second-order valence-corrected chi connectivity index (χ2v) is 3.74. The van der Waals surface area contributed by atoms with Gasteiger partial charge in [0.2, 0.25) is 5.91 Å². The third-order valence-electron chi connectivity index (χ3n) is 2.68. The van der Waals surface area contributed by atoms with Gasteiger partial charge in [0.05, 0.1) is 0 Å². The summed E-state index contributed by atoms with van der Waals surface area (Å²) in [5.74, 6) is 0.707. The van der Waals surface area contributed by atoms with Gasteiger partial charge >= 0.3 is 0 Å². The van der Waals surface area contributed by atoms with Crippen LogP contribution in [0.4, 0.5) is 0 Å². The van der Waals surface area contributed by atoms with Crippen molar-refractivity contribution in [1.82, 2.24) is 4.90 Å². The molecule has 2 heteroatoms. The van der Waals surface area contributed by atoms with E-state index < -0.39 is 0 Å². The molecule has 1 aliphatic heterocycles. The van der Waals surface area contributed by atoms with Gasteiger partial charge < -0.3 is 4.90 Å². The van der Waals surface area contributed by atoms with Gasteiger partial charge in [-0.15, -0.1) is 0 Å². The van der Waals surface area contributed by atoms with Crippen molar-refractivity contribution < 1.29 is 4.79 Å². The summed E-state index contributed by atoms with van der Waals surface area (Å²) in [7, 11) is 1.92. The number of carbonyl (C=O) groups excluding carboxylic acids is 1. The summed E-state index contributed by atoms with van der Waals surface area (Å²) in [6.45, 7) is 3.14. The SMILES string of the molecule is CCCCC1CCCN(C)C1=O. The fraction of sp³-hybridized carbons (Fsp3) is 0.900. The molecule has 1 unspecified atom stereocenters. The first kappa shape index (κ1) is 9.56. The zero-order valence-electron chi connectivity index (χ0n) is 8.18. The van der Waals surface area contributed by atoms with Crippen LogP contribution in [0.5, 0.6) is 0 Å². The highest BCUT2D eigenvalue weighted by molar-refractivity contribution is 5.79. The third kappa shape index (κ3) is 2.23. The molecule has 0 aromatic rings. The number of carbonyl (C=O) groups is 1. The fourth-order valence-corrected chi connectivity index (χ4v) is 1.84. The number of piperidine rings is 1. The first-order valence-corrected chi connectivity index (χ1v) is 5.00. The highest BCUT2D eigenvalue weighted by Gasteiger charge is 2.25. The summed E-state index contributed by atoms with van der Waals surface area (Å²) in [4.78, 5) is 13.4. The number of likely N-dealkylation sites (tertiary alicyclic amines) is 1. The van der Waals surface area contributed by atoms with Crippen LogP contribution in [-0.2, 0) is 4.79 Å². The Hall–Kier alpha value is -0.530. The molecule has 0 spiro atoms. The second kappa shape index (κ2) is 4.48. The number of hydrogen-bond donors (Lipinski definition) is 0. The predicted molar refractivity (Wildman–Crippen MR) is 49.9 cm³/mol. The van der Waals surface area contributed by atoms with E-state index in [1.165, 1.54) is 19.3 Å². The molecule has 1 aliphatic rings. The van der Waals surface area contributed by atoms with Gasteiger partial charge in [0, 0.05) is 19.5 Å². The average Bonchev–Trinajstić information content (AvgIpc) is 2.08. The van der Waals surface area contributed by atoms with E-state index in [9.17, 15) is 4.79 Å². The van der Waals surface area contributed by atoms with Crippen molar-refractivity contribution in [1.29, 1.82) is 0 Å². The van der Waals surface area contributed by atoms with Gasteiger partial charge in [0.25, 0.3) is 0 Å². The zero-order valence-corrected chi connectivity index (χ0v) is 8.18. The van der Waals surface area contributed by atoms with Crippen molar-refractivity contribution >= 4 is 5.91 Å². The van der Waals surface area contributed by atoms with Crippen LogP contribution in [-0.4, -0.2) is 24.4 Å². The fourth-order valence-electron chi connectivity index (χ4n) is 1.84. The minimum atomic E-state index is 0.337. The number of nitrogens with zero attached hydrogens (tertiary/aromatic N) is 1. The molecule has 70 valence electrons. The van der Waals surface area contributed by atoms with Crippen molar-refractivity contribution in [3.63, 3.8) is 0 Å². The lowest BCUT2D eigenvalue weighted by atomic mass is 9.92. The normalized spacial score (nSPS) is 24.7. The standard InChI is InChI=1S/C10H19NO/c1-3-4-6-9-7-5-8-11(2)10(9)12/h9H,3-8H2,1-2H3. The number of amides is 1. The highest BCUT2D eigenvalue weighted by Crippen LogP contribution is 2.21. The van der Waals surface area contributed by atoms with Gasteiger partial charge in [0.1, 0.15) is 0 Å². The minimum absolute atomic E-state index is 0.337. The number of hydrogen-bond acceptors (Lipinski definition) is 1. The number of rotatable bonds is 3. The third-order valence-corrected chi connectivity index (χ3v) is 2.68. The van der Waals surface area contributed by atoms with Crippen LogP contribution in [0.2, 0.25) is 0 Å². The Morgan fingerprint density at radius 2 is 2.33 bits per heavy atom. The van der Waals surface area contributed by atoms with Crippen molar-refractivity contribution in [2.24, 2.45) is 5.92 Å². The highest BCUT2D eigenvalue weighted by atomic mass is 16.2. The maximum absolute atomic E-state index is 11.6. The van der Waals surface area contributed by atoms with Crippen LogP contribution in [0.15, 0.2) is 0 Å². The van der Waals surface area contributed by atoms with Crippen LogP contribution < -0.4 is 0 Å². The first-order chi connectivity index (χ1) is 5.75. The summed E-state index contributed by atoms with van der Waals surface area (Å²) >= 11 is 0. The van der Waals surface area contributed by atoms with Crippen molar-refractivity contribution in [2.45, 2.75) is 39.0 Å². The smallest absolute Gasteiger partial charge is 0.225 e. The summed E-state index contributed by atoms with van der Waals surface area (Å²) in [5.41, 5.74) is 0. The first-order valence-electron chi connectivity index (χ1n) is 5.00. The lowest BCUT2D eigenvalue weighted by Crippen LogP contribution is -2.38. The Morgan fingerprint density at radius 1 is 1.58 bits per heavy atom. The molecule has 0 saturated carbocycles. The molecule has 0 N–H and O–H groups in total. The molecule has 1 heterocycles. The van der Waals surface area contributed by atoms with E-state index in [0.717, 1.165) is 19.4 Å². The van der Waals surface area contributed by atoms with Crippen LogP contribution in [0.1, 0.15) is 39.0 Å². The van der Waals surface area contributed by atoms with Crippen LogP contribution in [0.25, 0.3) is 0 Å². The van der Waals surface area contributed by atoms with E-state index in [-0.39, 0.29) is 0 Å². The van der Waals surface area contributed by atoms with Gasteiger partial charge in [-0.2, -0.15) is 0 Å². The molecule has 1 saturated heterocycles. The molecule has 1 fully saturated rings. The molecule has 1 rings (SSSR count). The molecule has 1 amide bonds. The van der Waals surface area contributed by atoms with E-state index in [1.807, 2.05) is 11.9 Å². The zero-order chi connectivity index (χ0) is 8.97. The van der Waals surface area contributed by atoms with Crippen molar-refractivity contribution in [2.75, 3.05) is 13.6 Å². The van der Waals surface area contributed by atoms with Crippen LogP contribution in [0, 0.1) is 5.92 Å². The Kier molecular flexibility index (Phi) is 3.57. The topological polar surface area (TPSA) is 20.3 Å². The van der Waals surface area contributed by atoms with Gasteiger partial charge in [-0.3, -0.25) is 4.79 Å². The predicted octanol–water partition coefficient (Wildman–Crippen LogP) is 2.04. The molecule has 2 nitrogen and oxygen atoms in total. The Balaban J connectivity index is 2.36. The van der Waals surface area contributed by atoms with Crippen molar-refractivity contribution in [3.05, 3.63) is 0 Å². The summed E-state index contributed by atoms with van der Waals surface area (Å²) in [5, 5.41) is 0. The van der Waals surface area contributed by atoms with Crippen LogP contribution in [0.3, 0.4) is 0 Å². The summed E-state index contributed by atoms with van der Waals surface area (Å²) in [6.07, 6.45) is 5.80. The largest absolute Gasteiger partial charge is 0.346 e. The molecule has 0 aromatic heterocycles. The lowest BCUT2D eigenvalue weighted by molar-refractivity contribution is -0.137. The molecule has 1 atom stereocenters. The van der Waals surface area contributed by atoms with E-state index in [0.29, 0.717) is 11.8 Å². The Morgan fingerprint density at radius 3 is 3.00 bits per heavy atom. The van der Waals surface area contributed by atoms with Crippen LogP contribution >= 0.6 is 0 Å². The Bertz CT molecular complexity index is 156. The molecular formula is C10H19NO. The van der Waals surface area contributed by atoms with Gasteiger partial charge in [0.15, 0.2) is 0 Å². The maximum Gasteiger partial charge on any atom is 0.225 e. The monoisotopic (exact) mass is 169 g/mol. The van der Waals surface area contributed by atoms with Crippen molar-refractivity contribution in [3.8, 4) is 0 Å². The summed E-state index contributed by atoms with van der Waals surface area (Å²) < 4.78 is 0. The Labute approximate surface area is 74.9 Å². The lowest BCUT2D eigenvalue weighted by Gasteiger charge is -2.29. The van der Waals surface area contributed by atoms with E-state index in [4.69, 9.17) is 0 Å². The molecular weight excluding hydrogens is 150 g/mol. The molecule has 0 aromatic carbocycles. The van der Waals surface area contributed by atoms with E-state index in [1.54, 1.807) is 0 Å². The molecule has 0 bridgehead atoms. The quantitative estimate of drug-likeness (QED) is 0.633. The van der Waals surface area contributed by atoms with E-state index >= 15 is 0 Å². The molecule has 0 radical (unpaired) electrons. The average molecular weight is 169 g/mol. The molecule has 0 aliphatic carbocycles. The van der Waals surface area contributed by atoms with Gasteiger partial charge in [-0.1, -0.05) is 19.8 Å². The maximum atomic E-state index is 11.6.